The van der Waals surface area contributed by atoms with Gasteiger partial charge >= 0.3 is 5.97 Å². The average Bonchev–Trinajstić information content (AvgIpc) is 3.28. The number of esters is 1. The van der Waals surface area contributed by atoms with E-state index >= 15 is 0 Å². The summed E-state index contributed by atoms with van der Waals surface area (Å²) in [5.41, 5.74) is 4.50. The van der Waals surface area contributed by atoms with Gasteiger partial charge in [0.1, 0.15) is 10.6 Å². The van der Waals surface area contributed by atoms with E-state index in [1.165, 1.54) is 17.6 Å². The van der Waals surface area contributed by atoms with Gasteiger partial charge in [-0.25, -0.2) is 10.2 Å². The van der Waals surface area contributed by atoms with Crippen molar-refractivity contribution in [2.45, 2.75) is 6.92 Å². The van der Waals surface area contributed by atoms with Gasteiger partial charge in [0.2, 0.25) is 0 Å². The molecule has 0 aliphatic carbocycles. The van der Waals surface area contributed by atoms with Crippen LogP contribution in [-0.4, -0.2) is 30.5 Å². The molecule has 0 unspecified atom stereocenters. The molecule has 0 saturated carbocycles. The smallest absolute Gasteiger partial charge is 0.353 e. The lowest BCUT2D eigenvalue weighted by Crippen LogP contribution is -2.34. The zero-order valence-electron chi connectivity index (χ0n) is 16.1. The molecular weight excluding hydrogens is 402 g/mol. The van der Waals surface area contributed by atoms with Crippen LogP contribution in [0.25, 0.3) is 0 Å². The number of benzene rings is 2. The minimum Gasteiger partial charge on any atom is -0.422 e. The first kappa shape index (κ1) is 20.9. The molecule has 1 aromatic heterocycles. The van der Waals surface area contributed by atoms with E-state index in [2.05, 4.69) is 15.8 Å². The largest absolute Gasteiger partial charge is 0.422 e. The van der Waals surface area contributed by atoms with Gasteiger partial charge in [-0.2, -0.15) is 5.10 Å². The van der Waals surface area contributed by atoms with Crippen LogP contribution in [0.5, 0.6) is 5.75 Å². The molecule has 2 N–H and O–H groups in total. The summed E-state index contributed by atoms with van der Waals surface area (Å²) in [5.74, 6) is -0.779. The van der Waals surface area contributed by atoms with Crippen LogP contribution in [0, 0.1) is 6.92 Å². The van der Waals surface area contributed by atoms with Crippen LogP contribution >= 0.6 is 11.3 Å². The summed E-state index contributed by atoms with van der Waals surface area (Å²) >= 11 is 1.31. The first-order valence-corrected chi connectivity index (χ1v) is 9.92. The summed E-state index contributed by atoms with van der Waals surface area (Å²) in [6, 6.07) is 17.2. The number of hydrazone groups is 1. The number of nitrogens with zero attached hydrogens (tertiary/aromatic N) is 1. The Bertz CT molecular complexity index is 1060. The highest BCUT2D eigenvalue weighted by atomic mass is 32.1. The average molecular weight is 421 g/mol. The Morgan fingerprint density at radius 1 is 1.07 bits per heavy atom. The van der Waals surface area contributed by atoms with Gasteiger partial charge in [0.15, 0.2) is 0 Å². The molecule has 2 amide bonds. The first-order valence-electron chi connectivity index (χ1n) is 9.04. The lowest BCUT2D eigenvalue weighted by Gasteiger charge is -2.05. The molecule has 0 atom stereocenters. The molecule has 0 radical (unpaired) electrons. The zero-order valence-corrected chi connectivity index (χ0v) is 16.9. The number of amides is 2. The van der Waals surface area contributed by atoms with E-state index in [0.717, 1.165) is 5.56 Å². The minimum absolute atomic E-state index is 0.193. The molecule has 1 heterocycles. The minimum atomic E-state index is -0.450. The number of hydrogen-bond donors (Lipinski definition) is 2. The summed E-state index contributed by atoms with van der Waals surface area (Å²) in [6.07, 6.45) is 1.45. The molecule has 3 rings (SSSR count). The third-order valence-corrected chi connectivity index (χ3v) is 4.76. The lowest BCUT2D eigenvalue weighted by molar-refractivity contribution is -0.120. The number of thiophene rings is 1. The molecule has 8 heteroatoms. The van der Waals surface area contributed by atoms with Crippen molar-refractivity contribution in [2.75, 3.05) is 6.54 Å². The highest BCUT2D eigenvalue weighted by Gasteiger charge is 2.09. The van der Waals surface area contributed by atoms with Crippen molar-refractivity contribution in [1.82, 2.24) is 10.7 Å². The van der Waals surface area contributed by atoms with Gasteiger partial charge in [-0.15, -0.1) is 11.3 Å². The predicted molar refractivity (Wildman–Crippen MR) is 115 cm³/mol. The van der Waals surface area contributed by atoms with Crippen LogP contribution in [0.4, 0.5) is 0 Å². The van der Waals surface area contributed by atoms with Gasteiger partial charge < -0.3 is 10.1 Å². The summed E-state index contributed by atoms with van der Waals surface area (Å²) in [6.45, 7) is 1.69. The second kappa shape index (κ2) is 10.1. The summed E-state index contributed by atoms with van der Waals surface area (Å²) in [7, 11) is 0. The third kappa shape index (κ3) is 6.11. The monoisotopic (exact) mass is 421 g/mol. The van der Waals surface area contributed by atoms with Gasteiger partial charge in [-0.1, -0.05) is 23.8 Å². The fraction of sp³-hybridized carbons (Fsp3) is 0.0909. The van der Waals surface area contributed by atoms with E-state index < -0.39 is 11.9 Å². The van der Waals surface area contributed by atoms with Crippen molar-refractivity contribution in [3.8, 4) is 5.75 Å². The Labute approximate surface area is 177 Å². The third-order valence-electron chi connectivity index (χ3n) is 3.91. The second-order valence-corrected chi connectivity index (χ2v) is 7.23. The second-order valence-electron chi connectivity index (χ2n) is 6.28. The molecule has 30 heavy (non-hydrogen) atoms. The van der Waals surface area contributed by atoms with E-state index in [1.807, 2.05) is 13.0 Å². The number of rotatable bonds is 7. The first-order chi connectivity index (χ1) is 14.5. The van der Waals surface area contributed by atoms with Crippen molar-refractivity contribution in [3.05, 3.63) is 87.6 Å². The number of ether oxygens (including phenoxy) is 1. The molecule has 7 nitrogen and oxygen atoms in total. The normalized spacial score (nSPS) is 10.6. The van der Waals surface area contributed by atoms with Crippen molar-refractivity contribution < 1.29 is 19.1 Å². The topological polar surface area (TPSA) is 96.9 Å². The van der Waals surface area contributed by atoms with E-state index in [9.17, 15) is 14.4 Å². The maximum absolute atomic E-state index is 12.0. The van der Waals surface area contributed by atoms with E-state index in [-0.39, 0.29) is 12.5 Å². The van der Waals surface area contributed by atoms with Crippen LogP contribution < -0.4 is 15.5 Å². The van der Waals surface area contributed by atoms with Gasteiger partial charge in [-0.3, -0.25) is 9.59 Å². The Balaban J connectivity index is 1.43. The molecule has 0 spiro atoms. The van der Waals surface area contributed by atoms with Crippen molar-refractivity contribution >= 4 is 35.3 Å². The Kier molecular flexibility index (Phi) is 7.07. The highest BCUT2D eigenvalue weighted by molar-refractivity contribution is 7.12. The molecule has 0 bridgehead atoms. The van der Waals surface area contributed by atoms with Crippen LogP contribution in [-0.2, 0) is 4.79 Å². The van der Waals surface area contributed by atoms with Gasteiger partial charge in [-0.05, 0) is 60.3 Å². The van der Waals surface area contributed by atoms with E-state index in [0.29, 0.717) is 21.8 Å². The highest BCUT2D eigenvalue weighted by Crippen LogP contribution is 2.16. The van der Waals surface area contributed by atoms with Crippen LogP contribution in [0.2, 0.25) is 0 Å². The molecular formula is C22H19N3O4S. The molecule has 0 fully saturated rings. The van der Waals surface area contributed by atoms with Crippen molar-refractivity contribution in [2.24, 2.45) is 5.10 Å². The maximum Gasteiger partial charge on any atom is 0.353 e. The van der Waals surface area contributed by atoms with Gasteiger partial charge in [0, 0.05) is 5.56 Å². The molecule has 3 aromatic rings. The van der Waals surface area contributed by atoms with Crippen molar-refractivity contribution in [1.29, 1.82) is 0 Å². The number of carbonyl (C=O) groups is 3. The molecule has 0 aliphatic heterocycles. The molecule has 152 valence electrons. The Morgan fingerprint density at radius 3 is 2.57 bits per heavy atom. The number of hydrogen-bond acceptors (Lipinski definition) is 6. The van der Waals surface area contributed by atoms with E-state index in [4.69, 9.17) is 4.74 Å². The van der Waals surface area contributed by atoms with Crippen LogP contribution in [0.15, 0.2) is 71.1 Å². The van der Waals surface area contributed by atoms with Crippen LogP contribution in [0.3, 0.4) is 0 Å². The Hall–Kier alpha value is -3.78. The SMILES string of the molecule is Cc1cccc(C(=O)NCC(=O)NN=Cc2ccc(OC(=O)c3cccs3)cc2)c1. The Morgan fingerprint density at radius 2 is 1.87 bits per heavy atom. The fourth-order valence-corrected chi connectivity index (χ4v) is 3.04. The number of carbonyl (C=O) groups excluding carboxylic acids is 3. The summed E-state index contributed by atoms with van der Waals surface area (Å²) in [5, 5.41) is 8.20. The molecule has 0 saturated heterocycles. The lowest BCUT2D eigenvalue weighted by atomic mass is 10.1. The standard InChI is InChI=1S/C22H19N3O4S/c1-15-4-2-5-17(12-15)21(27)23-14-20(26)25-24-13-16-7-9-18(10-8-16)29-22(28)19-6-3-11-30-19/h2-13H,14H2,1H3,(H,23,27)(H,25,26). The fourth-order valence-electron chi connectivity index (χ4n) is 2.44. The number of aryl methyl sites for hydroxylation is 1. The van der Waals surface area contributed by atoms with Gasteiger partial charge in [0.05, 0.1) is 12.8 Å². The quantitative estimate of drug-likeness (QED) is 0.265. The van der Waals surface area contributed by atoms with Crippen LogP contribution in [0.1, 0.15) is 31.2 Å². The zero-order chi connectivity index (χ0) is 21.3. The maximum atomic E-state index is 12.0. The number of nitrogens with one attached hydrogen (secondary N) is 2. The van der Waals surface area contributed by atoms with E-state index in [1.54, 1.807) is 60.0 Å². The van der Waals surface area contributed by atoms with Gasteiger partial charge in [0.25, 0.3) is 11.8 Å². The van der Waals surface area contributed by atoms with Crippen molar-refractivity contribution in [3.63, 3.8) is 0 Å². The molecule has 0 aliphatic rings. The predicted octanol–water partition coefficient (Wildman–Crippen LogP) is 3.16. The summed E-state index contributed by atoms with van der Waals surface area (Å²) < 4.78 is 5.27. The molecule has 2 aromatic carbocycles. The summed E-state index contributed by atoms with van der Waals surface area (Å²) in [4.78, 5) is 36.3.